The van der Waals surface area contributed by atoms with E-state index in [1.165, 1.54) is 23.1 Å². The summed E-state index contributed by atoms with van der Waals surface area (Å²) in [5.74, 6) is 0.565. The van der Waals surface area contributed by atoms with Crippen molar-refractivity contribution in [3.05, 3.63) is 64.6 Å². The maximum atomic E-state index is 13.0. The first kappa shape index (κ1) is 22.2. The smallest absolute Gasteiger partial charge is 0.295 e. The van der Waals surface area contributed by atoms with Crippen molar-refractivity contribution in [1.29, 1.82) is 0 Å². The number of fused-ring (bicyclic) bond motifs is 1. The monoisotopic (exact) mass is 468 g/mol. The lowest BCUT2D eigenvalue weighted by molar-refractivity contribution is -0.115. The molecule has 0 aliphatic heterocycles. The molecule has 0 spiro atoms. The number of para-hydroxylation sites is 1. The minimum atomic E-state index is -0.425. The SMILES string of the molecule is CCOc1ccc2nc(S[C@@H](C)C(=O)Nc3c(C)n(C)n(-c4ccccc4)c3=O)sc2c1. The molecular weight excluding hydrogens is 444 g/mol. The summed E-state index contributed by atoms with van der Waals surface area (Å²) in [5.41, 5.74) is 2.34. The van der Waals surface area contributed by atoms with Gasteiger partial charge in [-0.1, -0.05) is 30.0 Å². The van der Waals surface area contributed by atoms with Gasteiger partial charge in [-0.15, -0.1) is 11.3 Å². The highest BCUT2D eigenvalue weighted by molar-refractivity contribution is 8.02. The zero-order chi connectivity index (χ0) is 22.8. The largest absolute Gasteiger partial charge is 0.494 e. The Balaban J connectivity index is 1.52. The summed E-state index contributed by atoms with van der Waals surface area (Å²) in [6.07, 6.45) is 0. The maximum Gasteiger partial charge on any atom is 0.295 e. The van der Waals surface area contributed by atoms with Gasteiger partial charge in [0.25, 0.3) is 5.56 Å². The zero-order valence-corrected chi connectivity index (χ0v) is 19.9. The van der Waals surface area contributed by atoms with Crippen LogP contribution in [0.25, 0.3) is 15.9 Å². The number of amides is 1. The lowest BCUT2D eigenvalue weighted by Crippen LogP contribution is -2.27. The normalized spacial score (nSPS) is 12.1. The molecule has 1 N–H and O–H groups in total. The molecule has 0 aliphatic rings. The number of rotatable bonds is 7. The second kappa shape index (κ2) is 9.22. The van der Waals surface area contributed by atoms with Gasteiger partial charge >= 0.3 is 0 Å². The van der Waals surface area contributed by atoms with Crippen molar-refractivity contribution in [1.82, 2.24) is 14.3 Å². The van der Waals surface area contributed by atoms with Crippen molar-refractivity contribution >= 4 is 44.9 Å². The van der Waals surface area contributed by atoms with Crippen molar-refractivity contribution in [3.63, 3.8) is 0 Å². The lowest BCUT2D eigenvalue weighted by atomic mass is 10.3. The topological polar surface area (TPSA) is 78.2 Å². The van der Waals surface area contributed by atoms with E-state index >= 15 is 0 Å². The van der Waals surface area contributed by atoms with Crippen molar-refractivity contribution in [3.8, 4) is 11.4 Å². The fraction of sp³-hybridized carbons (Fsp3) is 0.261. The molecule has 1 atom stereocenters. The summed E-state index contributed by atoms with van der Waals surface area (Å²) < 4.78 is 10.6. The first-order valence-electron chi connectivity index (χ1n) is 10.2. The van der Waals surface area contributed by atoms with Crippen LogP contribution in [0.4, 0.5) is 5.69 Å². The van der Waals surface area contributed by atoms with Crippen LogP contribution in [0.5, 0.6) is 5.75 Å². The summed E-state index contributed by atoms with van der Waals surface area (Å²) in [6.45, 7) is 6.18. The Bertz CT molecular complexity index is 1320. The molecule has 4 aromatic rings. The second-order valence-electron chi connectivity index (χ2n) is 7.23. The quantitative estimate of drug-likeness (QED) is 0.401. The van der Waals surface area contributed by atoms with Gasteiger partial charge in [-0.25, -0.2) is 9.67 Å². The van der Waals surface area contributed by atoms with Crippen LogP contribution in [0.2, 0.25) is 0 Å². The molecule has 0 aliphatic carbocycles. The molecule has 0 radical (unpaired) electrons. The molecular formula is C23H24N4O3S2. The van der Waals surface area contributed by atoms with Crippen molar-refractivity contribution in [2.45, 2.75) is 30.4 Å². The highest BCUT2D eigenvalue weighted by atomic mass is 32.2. The Kier molecular flexibility index (Phi) is 6.38. The van der Waals surface area contributed by atoms with Crippen molar-refractivity contribution in [2.24, 2.45) is 7.05 Å². The van der Waals surface area contributed by atoms with Crippen LogP contribution < -0.4 is 15.6 Å². The van der Waals surface area contributed by atoms with Crippen LogP contribution in [0.1, 0.15) is 19.5 Å². The molecule has 4 rings (SSSR count). The van der Waals surface area contributed by atoms with Crippen molar-refractivity contribution in [2.75, 3.05) is 11.9 Å². The van der Waals surface area contributed by atoms with Gasteiger partial charge in [0, 0.05) is 7.05 Å². The number of aromatic nitrogens is 3. The average Bonchev–Trinajstić information content (AvgIpc) is 3.27. The Hall–Kier alpha value is -3.04. The molecule has 166 valence electrons. The molecule has 2 aromatic heterocycles. The summed E-state index contributed by atoms with van der Waals surface area (Å²) in [7, 11) is 1.80. The number of anilines is 1. The van der Waals surface area contributed by atoms with Crippen LogP contribution in [0.15, 0.2) is 57.7 Å². The van der Waals surface area contributed by atoms with Crippen LogP contribution >= 0.6 is 23.1 Å². The Morgan fingerprint density at radius 3 is 2.72 bits per heavy atom. The number of carbonyl (C=O) groups excluding carboxylic acids is 1. The van der Waals surface area contributed by atoms with Gasteiger partial charge in [0.05, 0.1) is 33.5 Å². The molecule has 0 saturated carbocycles. The van der Waals surface area contributed by atoms with Crippen molar-refractivity contribution < 1.29 is 9.53 Å². The summed E-state index contributed by atoms with van der Waals surface area (Å²) in [4.78, 5) is 30.5. The van der Waals surface area contributed by atoms with E-state index < -0.39 is 5.25 Å². The Labute approximate surface area is 194 Å². The van der Waals surface area contributed by atoms with Crippen LogP contribution in [0.3, 0.4) is 0 Å². The standard InChI is InChI=1S/C23H24N4O3S2/c1-5-30-17-11-12-18-19(13-17)32-23(24-18)31-15(3)21(28)25-20-14(2)26(4)27(22(20)29)16-9-7-6-8-10-16/h6-13,15H,5H2,1-4H3,(H,25,28)/t15-/m0/s1. The number of hydrogen-bond acceptors (Lipinski definition) is 6. The van der Waals surface area contributed by atoms with Crippen LogP contribution in [0, 0.1) is 6.92 Å². The third-order valence-electron chi connectivity index (χ3n) is 5.10. The van der Waals surface area contributed by atoms with Gasteiger partial charge in [-0.05, 0) is 51.1 Å². The summed E-state index contributed by atoms with van der Waals surface area (Å²) in [5, 5.41) is 2.41. The van der Waals surface area contributed by atoms with Gasteiger partial charge in [-0.2, -0.15) is 0 Å². The van der Waals surface area contributed by atoms with Crippen LogP contribution in [-0.2, 0) is 11.8 Å². The van der Waals surface area contributed by atoms with E-state index in [0.29, 0.717) is 18.0 Å². The van der Waals surface area contributed by atoms with E-state index in [1.807, 2.05) is 69.3 Å². The van der Waals surface area contributed by atoms with E-state index in [-0.39, 0.29) is 11.5 Å². The fourth-order valence-corrected chi connectivity index (χ4v) is 5.57. The minimum Gasteiger partial charge on any atom is -0.494 e. The fourth-order valence-electron chi connectivity index (χ4n) is 3.33. The molecule has 0 fully saturated rings. The number of nitrogens with one attached hydrogen (secondary N) is 1. The van der Waals surface area contributed by atoms with Crippen LogP contribution in [-0.4, -0.2) is 32.1 Å². The number of thiazole rings is 1. The van der Waals surface area contributed by atoms with Gasteiger partial charge in [0.1, 0.15) is 11.4 Å². The number of nitrogens with zero attached hydrogens (tertiary/aromatic N) is 3. The number of carbonyl (C=O) groups is 1. The van der Waals surface area contributed by atoms with Gasteiger partial charge in [0.2, 0.25) is 5.91 Å². The minimum absolute atomic E-state index is 0.240. The first-order valence-corrected chi connectivity index (χ1v) is 11.9. The second-order valence-corrected chi connectivity index (χ2v) is 9.85. The molecule has 7 nitrogen and oxygen atoms in total. The van der Waals surface area contributed by atoms with E-state index in [2.05, 4.69) is 10.3 Å². The maximum absolute atomic E-state index is 13.0. The highest BCUT2D eigenvalue weighted by Crippen LogP contribution is 2.34. The number of benzene rings is 2. The number of thioether (sulfide) groups is 1. The molecule has 0 unspecified atom stereocenters. The van der Waals surface area contributed by atoms with Gasteiger partial charge < -0.3 is 10.1 Å². The average molecular weight is 469 g/mol. The van der Waals surface area contributed by atoms with Gasteiger partial charge in [-0.3, -0.25) is 14.3 Å². The Morgan fingerprint density at radius 2 is 2.00 bits per heavy atom. The molecule has 2 aromatic carbocycles. The van der Waals surface area contributed by atoms with E-state index in [1.54, 1.807) is 16.4 Å². The Morgan fingerprint density at radius 1 is 1.25 bits per heavy atom. The number of hydrogen-bond donors (Lipinski definition) is 1. The molecule has 0 saturated heterocycles. The lowest BCUT2D eigenvalue weighted by Gasteiger charge is -2.09. The predicted molar refractivity (Wildman–Crippen MR) is 130 cm³/mol. The predicted octanol–water partition coefficient (Wildman–Crippen LogP) is 4.61. The zero-order valence-electron chi connectivity index (χ0n) is 18.3. The van der Waals surface area contributed by atoms with E-state index in [9.17, 15) is 9.59 Å². The molecule has 2 heterocycles. The molecule has 0 bridgehead atoms. The summed E-state index contributed by atoms with van der Waals surface area (Å²) in [6, 6.07) is 15.1. The highest BCUT2D eigenvalue weighted by Gasteiger charge is 2.22. The molecule has 9 heteroatoms. The van der Waals surface area contributed by atoms with E-state index in [4.69, 9.17) is 4.74 Å². The molecule has 32 heavy (non-hydrogen) atoms. The third kappa shape index (κ3) is 4.31. The van der Waals surface area contributed by atoms with E-state index in [0.717, 1.165) is 26.0 Å². The summed E-state index contributed by atoms with van der Waals surface area (Å²) >= 11 is 2.90. The third-order valence-corrected chi connectivity index (χ3v) is 7.31. The molecule has 1 amide bonds. The van der Waals surface area contributed by atoms with Gasteiger partial charge in [0.15, 0.2) is 4.34 Å². The first-order chi connectivity index (χ1) is 15.4. The number of ether oxygens (including phenoxy) is 1.